The third-order valence-electron chi connectivity index (χ3n) is 6.19. The van der Waals surface area contributed by atoms with Gasteiger partial charge in [0.25, 0.3) is 0 Å². The summed E-state index contributed by atoms with van der Waals surface area (Å²) in [4.78, 5) is 21.8. The van der Waals surface area contributed by atoms with Gasteiger partial charge in [-0.25, -0.2) is 0 Å². The molecule has 1 saturated heterocycles. The highest BCUT2D eigenvalue weighted by atomic mass is 79.9. The fourth-order valence-corrected chi connectivity index (χ4v) is 4.99. The normalized spacial score (nSPS) is 31.9. The van der Waals surface area contributed by atoms with E-state index in [1.54, 1.807) is 6.20 Å². The number of amides is 1. The number of nitriles is 1. The number of morpholine rings is 1. The summed E-state index contributed by atoms with van der Waals surface area (Å²) < 4.78 is 6.66. The Bertz CT molecular complexity index is 839. The van der Waals surface area contributed by atoms with E-state index in [0.29, 0.717) is 19.4 Å². The van der Waals surface area contributed by atoms with Crippen LogP contribution in [-0.4, -0.2) is 52.7 Å². The summed E-state index contributed by atoms with van der Waals surface area (Å²) in [6.45, 7) is 10.1. The number of pyridine rings is 1. The molecule has 0 aromatic carbocycles. The molecule has 0 radical (unpaired) electrons. The fourth-order valence-electron chi connectivity index (χ4n) is 4.67. The quantitative estimate of drug-likeness (QED) is 0.718. The Kier molecular flexibility index (Phi) is 4.19. The Morgan fingerprint density at radius 3 is 2.67 bits per heavy atom. The molecule has 2 aliphatic heterocycles. The van der Waals surface area contributed by atoms with Crippen molar-refractivity contribution in [1.29, 1.82) is 5.26 Å². The summed E-state index contributed by atoms with van der Waals surface area (Å²) in [5, 5.41) is 9.97. The Morgan fingerprint density at radius 1 is 1.33 bits per heavy atom. The average molecular weight is 433 g/mol. The molecule has 0 unspecified atom stereocenters. The molecular formula is C20H25BrN4O2. The van der Waals surface area contributed by atoms with Gasteiger partial charge in [0.2, 0.25) is 5.91 Å². The first kappa shape index (κ1) is 18.9. The number of aromatic nitrogens is 1. The summed E-state index contributed by atoms with van der Waals surface area (Å²) in [6, 6.07) is 4.55. The summed E-state index contributed by atoms with van der Waals surface area (Å²) in [7, 11) is 0. The molecule has 1 aliphatic carbocycles. The van der Waals surface area contributed by atoms with Gasteiger partial charge in [-0.2, -0.15) is 5.26 Å². The van der Waals surface area contributed by atoms with E-state index in [2.05, 4.69) is 45.7 Å². The van der Waals surface area contributed by atoms with E-state index in [-0.39, 0.29) is 17.6 Å². The van der Waals surface area contributed by atoms with Crippen LogP contribution in [-0.2, 0) is 14.9 Å². The van der Waals surface area contributed by atoms with Crippen molar-refractivity contribution < 1.29 is 9.53 Å². The molecule has 6 nitrogen and oxygen atoms in total. The van der Waals surface area contributed by atoms with Crippen LogP contribution in [0, 0.1) is 11.3 Å². The highest BCUT2D eigenvalue weighted by Crippen LogP contribution is 2.49. The van der Waals surface area contributed by atoms with Crippen molar-refractivity contribution in [2.45, 2.75) is 63.1 Å². The van der Waals surface area contributed by atoms with E-state index in [1.165, 1.54) is 0 Å². The van der Waals surface area contributed by atoms with Gasteiger partial charge >= 0.3 is 0 Å². The first-order chi connectivity index (χ1) is 12.6. The minimum Gasteiger partial charge on any atom is -0.373 e. The van der Waals surface area contributed by atoms with Gasteiger partial charge in [0, 0.05) is 42.6 Å². The smallest absolute Gasteiger partial charge is 0.239 e. The van der Waals surface area contributed by atoms with Gasteiger partial charge < -0.3 is 9.64 Å². The van der Waals surface area contributed by atoms with E-state index < -0.39 is 11.0 Å². The second kappa shape index (κ2) is 6.00. The maximum absolute atomic E-state index is 13.2. The predicted octanol–water partition coefficient (Wildman–Crippen LogP) is 3.00. The zero-order valence-corrected chi connectivity index (χ0v) is 17.8. The van der Waals surface area contributed by atoms with Crippen LogP contribution in [0.15, 0.2) is 16.7 Å². The van der Waals surface area contributed by atoms with Crippen LogP contribution < -0.4 is 4.90 Å². The Labute approximate surface area is 168 Å². The molecule has 3 aliphatic rings. The lowest BCUT2D eigenvalue weighted by Crippen LogP contribution is -2.67. The lowest BCUT2D eigenvalue weighted by Gasteiger charge is -2.55. The van der Waals surface area contributed by atoms with Crippen molar-refractivity contribution in [3.8, 4) is 6.07 Å². The Balaban J connectivity index is 1.60. The molecular weight excluding hydrogens is 408 g/mol. The van der Waals surface area contributed by atoms with E-state index in [1.807, 2.05) is 24.8 Å². The van der Waals surface area contributed by atoms with Crippen LogP contribution in [0.1, 0.15) is 46.2 Å². The minimum absolute atomic E-state index is 0.0275. The molecule has 2 fully saturated rings. The highest BCUT2D eigenvalue weighted by Gasteiger charge is 2.57. The topological polar surface area (TPSA) is 69.5 Å². The molecule has 4 rings (SSSR count). The van der Waals surface area contributed by atoms with Crippen LogP contribution in [0.3, 0.4) is 0 Å². The number of fused-ring (bicyclic) bond motifs is 1. The number of hydrogen-bond acceptors (Lipinski definition) is 5. The van der Waals surface area contributed by atoms with E-state index in [9.17, 15) is 10.1 Å². The molecule has 1 saturated carbocycles. The predicted molar refractivity (Wildman–Crippen MR) is 105 cm³/mol. The summed E-state index contributed by atoms with van der Waals surface area (Å²) in [5.74, 6) is 0.0712. The third kappa shape index (κ3) is 2.81. The molecule has 0 spiro atoms. The van der Waals surface area contributed by atoms with E-state index in [4.69, 9.17) is 4.74 Å². The molecule has 0 N–H and O–H groups in total. The molecule has 0 bridgehead atoms. The van der Waals surface area contributed by atoms with Crippen LogP contribution in [0.2, 0.25) is 0 Å². The molecule has 3 heterocycles. The summed E-state index contributed by atoms with van der Waals surface area (Å²) in [5.41, 5.74) is 0.288. The number of hydrogen-bond donors (Lipinski definition) is 0. The molecule has 1 aromatic heterocycles. The summed E-state index contributed by atoms with van der Waals surface area (Å²) in [6.07, 6.45) is 3.06. The Morgan fingerprint density at radius 2 is 2.04 bits per heavy atom. The third-order valence-corrected chi connectivity index (χ3v) is 6.62. The van der Waals surface area contributed by atoms with Gasteiger partial charge in [0.15, 0.2) is 0 Å². The van der Waals surface area contributed by atoms with Crippen molar-refractivity contribution in [3.05, 3.63) is 22.4 Å². The molecule has 1 aromatic rings. The molecule has 7 heteroatoms. The zero-order chi connectivity index (χ0) is 19.6. The van der Waals surface area contributed by atoms with Crippen LogP contribution in [0.25, 0.3) is 0 Å². The van der Waals surface area contributed by atoms with Gasteiger partial charge in [-0.15, -0.1) is 0 Å². The molecule has 144 valence electrons. The molecule has 27 heavy (non-hydrogen) atoms. The number of nitrogens with zero attached hydrogens (tertiary/aromatic N) is 4. The molecule has 1 amide bonds. The lowest BCUT2D eigenvalue weighted by atomic mass is 9.70. The van der Waals surface area contributed by atoms with Gasteiger partial charge in [-0.1, -0.05) is 0 Å². The van der Waals surface area contributed by atoms with E-state index >= 15 is 0 Å². The largest absolute Gasteiger partial charge is 0.373 e. The first-order valence-corrected chi connectivity index (χ1v) is 10.2. The average Bonchev–Trinajstić information content (AvgIpc) is 2.74. The maximum Gasteiger partial charge on any atom is 0.239 e. The maximum atomic E-state index is 13.2. The zero-order valence-electron chi connectivity index (χ0n) is 16.3. The first-order valence-electron chi connectivity index (χ1n) is 9.40. The second-order valence-electron chi connectivity index (χ2n) is 9.06. The highest BCUT2D eigenvalue weighted by molar-refractivity contribution is 9.10. The lowest BCUT2D eigenvalue weighted by molar-refractivity contribution is -0.129. The Hall–Kier alpha value is -1.49. The number of halogens is 1. The van der Waals surface area contributed by atoms with Crippen LogP contribution in [0.5, 0.6) is 0 Å². The SMILES string of the molecule is CC1(C)CN(C2(C#N)CC(N3C(=O)C(C)(C)c4ncc(Br)cc43)C2)CCO1. The number of rotatable bonds is 2. The van der Waals surface area contributed by atoms with Crippen molar-refractivity contribution in [3.63, 3.8) is 0 Å². The van der Waals surface area contributed by atoms with Gasteiger partial charge in [-0.05, 0) is 49.7 Å². The van der Waals surface area contributed by atoms with Crippen molar-refractivity contribution in [2.24, 2.45) is 0 Å². The van der Waals surface area contributed by atoms with E-state index in [0.717, 1.165) is 28.9 Å². The molecule has 0 atom stereocenters. The van der Waals surface area contributed by atoms with Crippen LogP contribution >= 0.6 is 15.9 Å². The fraction of sp³-hybridized carbons (Fsp3) is 0.650. The van der Waals surface area contributed by atoms with Crippen molar-refractivity contribution in [2.75, 3.05) is 24.6 Å². The van der Waals surface area contributed by atoms with Gasteiger partial charge in [-0.3, -0.25) is 14.7 Å². The van der Waals surface area contributed by atoms with Crippen molar-refractivity contribution >= 4 is 27.5 Å². The van der Waals surface area contributed by atoms with Gasteiger partial charge in [0.1, 0.15) is 5.54 Å². The number of carbonyl (C=O) groups is 1. The standard InChI is InChI=1S/C20H25BrN4O2/c1-18(2)12-24(5-6-27-18)20(11-22)8-14(9-20)25-15-7-13(21)10-23-16(15)19(3,4)17(25)26/h7,10,14H,5-6,8-9,12H2,1-4H3. The summed E-state index contributed by atoms with van der Waals surface area (Å²) >= 11 is 3.48. The number of ether oxygens (including phenoxy) is 1. The number of carbonyl (C=O) groups excluding carboxylic acids is 1. The van der Waals surface area contributed by atoms with Crippen molar-refractivity contribution in [1.82, 2.24) is 9.88 Å². The number of anilines is 1. The second-order valence-corrected chi connectivity index (χ2v) is 9.97. The van der Waals surface area contributed by atoms with Gasteiger partial charge in [0.05, 0.1) is 35.1 Å². The van der Waals surface area contributed by atoms with Crippen LogP contribution in [0.4, 0.5) is 5.69 Å². The monoisotopic (exact) mass is 432 g/mol. The minimum atomic E-state index is -0.637.